The molecule has 0 aliphatic carbocycles. The molecule has 2 saturated heterocycles. The van der Waals surface area contributed by atoms with Gasteiger partial charge in [-0.15, -0.1) is 0 Å². The molecule has 0 spiro atoms. The van der Waals surface area contributed by atoms with Crippen LogP contribution in [0.2, 0.25) is 0 Å². The third-order valence-corrected chi connectivity index (χ3v) is 4.38. The summed E-state index contributed by atoms with van der Waals surface area (Å²) in [6.45, 7) is 8.75. The van der Waals surface area contributed by atoms with Crippen LogP contribution in [0.4, 0.5) is 0 Å². The van der Waals surface area contributed by atoms with Gasteiger partial charge in [0.05, 0.1) is 6.54 Å². The van der Waals surface area contributed by atoms with Gasteiger partial charge in [-0.2, -0.15) is 0 Å². The van der Waals surface area contributed by atoms with E-state index in [9.17, 15) is 4.79 Å². The minimum Gasteiger partial charge on any atom is -0.340 e. The topological polar surface area (TPSA) is 38.8 Å². The summed E-state index contributed by atoms with van der Waals surface area (Å²) in [6.07, 6.45) is 1.14. The maximum atomic E-state index is 12.4. The molecule has 2 aliphatic heterocycles. The molecule has 19 heavy (non-hydrogen) atoms. The van der Waals surface area contributed by atoms with Crippen LogP contribution in [0.5, 0.6) is 0 Å². The highest BCUT2D eigenvalue weighted by Crippen LogP contribution is 2.20. The smallest absolute Gasteiger partial charge is 0.236 e. The molecule has 1 amide bonds. The molecule has 0 aromatic heterocycles. The molecule has 0 radical (unpaired) electrons. The van der Waals surface area contributed by atoms with Crippen LogP contribution in [0.1, 0.15) is 13.3 Å². The van der Waals surface area contributed by atoms with Crippen LogP contribution in [0.25, 0.3) is 0 Å². The van der Waals surface area contributed by atoms with E-state index in [0.29, 0.717) is 24.4 Å². The summed E-state index contributed by atoms with van der Waals surface area (Å²) in [5, 5.41) is 3.38. The molecule has 0 saturated carbocycles. The second-order valence-corrected chi connectivity index (χ2v) is 6.19. The first-order valence-electron chi connectivity index (χ1n) is 7.45. The van der Waals surface area contributed by atoms with E-state index >= 15 is 0 Å². The van der Waals surface area contributed by atoms with Crippen molar-refractivity contribution in [1.29, 1.82) is 0 Å². The van der Waals surface area contributed by atoms with Crippen LogP contribution in [0, 0.1) is 5.92 Å². The zero-order chi connectivity index (χ0) is 13.8. The molecule has 110 valence electrons. The molecule has 2 heterocycles. The van der Waals surface area contributed by atoms with Gasteiger partial charge >= 0.3 is 0 Å². The largest absolute Gasteiger partial charge is 0.340 e. The minimum absolute atomic E-state index is 0.304. The van der Waals surface area contributed by atoms with E-state index in [2.05, 4.69) is 36.1 Å². The molecule has 5 heteroatoms. The molecule has 2 atom stereocenters. The number of carbonyl (C=O) groups is 1. The normalized spacial score (nSPS) is 29.8. The molecule has 2 fully saturated rings. The lowest BCUT2D eigenvalue weighted by molar-refractivity contribution is -0.131. The third kappa shape index (κ3) is 3.91. The Kier molecular flexibility index (Phi) is 5.19. The first-order valence-corrected chi connectivity index (χ1v) is 7.45. The quantitative estimate of drug-likeness (QED) is 0.762. The van der Waals surface area contributed by atoms with E-state index in [1.165, 1.54) is 0 Å². The highest BCUT2D eigenvalue weighted by Gasteiger charge is 2.33. The van der Waals surface area contributed by atoms with Crippen molar-refractivity contribution in [1.82, 2.24) is 20.0 Å². The monoisotopic (exact) mass is 268 g/mol. The molecule has 0 aromatic rings. The van der Waals surface area contributed by atoms with Crippen molar-refractivity contribution in [3.05, 3.63) is 0 Å². The Bertz CT molecular complexity index is 300. The molecule has 0 bridgehead atoms. The van der Waals surface area contributed by atoms with Gasteiger partial charge in [-0.1, -0.05) is 6.92 Å². The summed E-state index contributed by atoms with van der Waals surface area (Å²) in [4.78, 5) is 19.0. The molecule has 2 unspecified atom stereocenters. The fraction of sp³-hybridized carbons (Fsp3) is 0.929. The van der Waals surface area contributed by atoms with Crippen molar-refractivity contribution in [3.8, 4) is 0 Å². The van der Waals surface area contributed by atoms with Crippen LogP contribution >= 0.6 is 0 Å². The number of carbonyl (C=O) groups excluding carboxylic acids is 1. The fourth-order valence-electron chi connectivity index (χ4n) is 3.18. The highest BCUT2D eigenvalue weighted by atomic mass is 16.2. The van der Waals surface area contributed by atoms with Gasteiger partial charge in [0.25, 0.3) is 0 Å². The SMILES string of the molecule is CC1CN(C(=O)CN2CCCNCC2)CC1N(C)C. The van der Waals surface area contributed by atoms with Crippen molar-refractivity contribution < 1.29 is 4.79 Å². The molecule has 2 aliphatic rings. The predicted octanol–water partition coefficient (Wildman–Crippen LogP) is -0.310. The Balaban J connectivity index is 1.83. The Morgan fingerprint density at radius 1 is 1.26 bits per heavy atom. The van der Waals surface area contributed by atoms with Gasteiger partial charge in [0.15, 0.2) is 0 Å². The molecule has 1 N–H and O–H groups in total. The fourth-order valence-corrected chi connectivity index (χ4v) is 3.18. The molecule has 0 aromatic carbocycles. The average Bonchev–Trinajstić information content (AvgIpc) is 2.58. The van der Waals surface area contributed by atoms with E-state index in [1.807, 2.05) is 4.90 Å². The van der Waals surface area contributed by atoms with Gasteiger partial charge in [0.1, 0.15) is 0 Å². The number of nitrogens with zero attached hydrogens (tertiary/aromatic N) is 3. The van der Waals surface area contributed by atoms with Gasteiger partial charge in [0, 0.05) is 32.2 Å². The number of hydrogen-bond donors (Lipinski definition) is 1. The summed E-state index contributed by atoms with van der Waals surface area (Å²) in [5.74, 6) is 0.878. The summed E-state index contributed by atoms with van der Waals surface area (Å²) >= 11 is 0. The zero-order valence-electron chi connectivity index (χ0n) is 12.6. The maximum absolute atomic E-state index is 12.4. The predicted molar refractivity (Wildman–Crippen MR) is 77.1 cm³/mol. The summed E-state index contributed by atoms with van der Waals surface area (Å²) in [7, 11) is 4.21. The van der Waals surface area contributed by atoms with E-state index < -0.39 is 0 Å². The summed E-state index contributed by atoms with van der Waals surface area (Å²) < 4.78 is 0. The minimum atomic E-state index is 0.304. The number of nitrogens with one attached hydrogen (secondary N) is 1. The summed E-state index contributed by atoms with van der Waals surface area (Å²) in [6, 6.07) is 0.509. The Morgan fingerprint density at radius 3 is 2.74 bits per heavy atom. The lowest BCUT2D eigenvalue weighted by atomic mass is 10.1. The Hall–Kier alpha value is -0.650. The van der Waals surface area contributed by atoms with Crippen LogP contribution in [0.15, 0.2) is 0 Å². The van der Waals surface area contributed by atoms with Gasteiger partial charge in [0.2, 0.25) is 5.91 Å². The van der Waals surface area contributed by atoms with Gasteiger partial charge < -0.3 is 15.1 Å². The van der Waals surface area contributed by atoms with Crippen molar-refractivity contribution in [2.24, 2.45) is 5.92 Å². The van der Waals surface area contributed by atoms with Gasteiger partial charge in [-0.3, -0.25) is 9.69 Å². The first-order chi connectivity index (χ1) is 9.08. The van der Waals surface area contributed by atoms with Crippen molar-refractivity contribution in [2.75, 3.05) is 59.9 Å². The van der Waals surface area contributed by atoms with Gasteiger partial charge in [-0.25, -0.2) is 0 Å². The van der Waals surface area contributed by atoms with Crippen molar-refractivity contribution >= 4 is 5.91 Å². The summed E-state index contributed by atoms with van der Waals surface area (Å²) in [5.41, 5.74) is 0. The number of likely N-dealkylation sites (N-methyl/N-ethyl adjacent to an activating group) is 1. The van der Waals surface area contributed by atoms with Crippen LogP contribution in [-0.2, 0) is 4.79 Å². The third-order valence-electron chi connectivity index (χ3n) is 4.38. The maximum Gasteiger partial charge on any atom is 0.236 e. The number of rotatable bonds is 3. The van der Waals surface area contributed by atoms with Gasteiger partial charge in [-0.05, 0) is 39.5 Å². The van der Waals surface area contributed by atoms with Crippen LogP contribution < -0.4 is 5.32 Å². The molecular weight excluding hydrogens is 240 g/mol. The zero-order valence-corrected chi connectivity index (χ0v) is 12.6. The molecule has 2 rings (SSSR count). The van der Waals surface area contributed by atoms with E-state index in [0.717, 1.165) is 45.7 Å². The Morgan fingerprint density at radius 2 is 2.05 bits per heavy atom. The van der Waals surface area contributed by atoms with E-state index in [-0.39, 0.29) is 0 Å². The second kappa shape index (κ2) is 6.68. The molecule has 5 nitrogen and oxygen atoms in total. The van der Waals surface area contributed by atoms with E-state index in [4.69, 9.17) is 0 Å². The van der Waals surface area contributed by atoms with E-state index in [1.54, 1.807) is 0 Å². The number of hydrogen-bond acceptors (Lipinski definition) is 4. The second-order valence-electron chi connectivity index (χ2n) is 6.19. The first kappa shape index (κ1) is 14.8. The van der Waals surface area contributed by atoms with Crippen molar-refractivity contribution in [2.45, 2.75) is 19.4 Å². The standard InChI is InChI=1S/C14H28N4O/c1-12-9-18(10-13(12)16(2)3)14(19)11-17-7-4-5-15-6-8-17/h12-13,15H,4-11H2,1-3H3. The molecular formula is C14H28N4O. The number of amides is 1. The van der Waals surface area contributed by atoms with Crippen molar-refractivity contribution in [3.63, 3.8) is 0 Å². The highest BCUT2D eigenvalue weighted by molar-refractivity contribution is 5.78. The van der Waals surface area contributed by atoms with Crippen LogP contribution in [0.3, 0.4) is 0 Å². The number of likely N-dealkylation sites (tertiary alicyclic amines) is 1. The van der Waals surface area contributed by atoms with Crippen LogP contribution in [-0.4, -0.2) is 86.6 Å². The lowest BCUT2D eigenvalue weighted by Gasteiger charge is -2.24. The lowest BCUT2D eigenvalue weighted by Crippen LogP contribution is -2.42. The average molecular weight is 268 g/mol. The Labute approximate surface area is 116 Å².